The van der Waals surface area contributed by atoms with Gasteiger partial charge in [-0.1, -0.05) is 6.92 Å². The van der Waals surface area contributed by atoms with Crippen LogP contribution in [0.3, 0.4) is 0 Å². The Hall–Kier alpha value is -0.330. The molecule has 20 heavy (non-hydrogen) atoms. The van der Waals surface area contributed by atoms with Crippen LogP contribution >= 0.6 is 0 Å². The second-order valence-corrected chi connectivity index (χ2v) is 5.88. The van der Waals surface area contributed by atoms with E-state index < -0.39 is 12.1 Å². The van der Waals surface area contributed by atoms with Crippen molar-refractivity contribution in [3.05, 3.63) is 0 Å². The fourth-order valence-electron chi connectivity index (χ4n) is 3.11. The minimum absolute atomic E-state index is 0.170. The lowest BCUT2D eigenvalue weighted by atomic mass is 9.85. The van der Waals surface area contributed by atoms with Gasteiger partial charge in [0.25, 0.3) is 0 Å². The van der Waals surface area contributed by atoms with Crippen molar-refractivity contribution in [3.63, 3.8) is 0 Å². The normalized spacial score (nSPS) is 33.3. The van der Waals surface area contributed by atoms with E-state index >= 15 is 0 Å². The number of alkyl halides is 3. The van der Waals surface area contributed by atoms with Gasteiger partial charge in [0, 0.05) is 25.7 Å². The van der Waals surface area contributed by atoms with E-state index in [1.165, 1.54) is 0 Å². The second kappa shape index (κ2) is 7.09. The van der Waals surface area contributed by atoms with Gasteiger partial charge < -0.3 is 10.1 Å². The van der Waals surface area contributed by atoms with Crippen LogP contribution in [0.25, 0.3) is 0 Å². The van der Waals surface area contributed by atoms with Crippen molar-refractivity contribution in [2.75, 3.05) is 32.8 Å². The van der Waals surface area contributed by atoms with Crippen molar-refractivity contribution in [3.8, 4) is 0 Å². The number of halogens is 3. The lowest BCUT2D eigenvalue weighted by Crippen LogP contribution is -2.48. The highest BCUT2D eigenvalue weighted by atomic mass is 19.4. The summed E-state index contributed by atoms with van der Waals surface area (Å²) in [4.78, 5) is 2.34. The van der Waals surface area contributed by atoms with Gasteiger partial charge in [-0.25, -0.2) is 0 Å². The molecule has 1 heterocycles. The fourth-order valence-corrected chi connectivity index (χ4v) is 3.11. The molecule has 0 aromatic rings. The van der Waals surface area contributed by atoms with Gasteiger partial charge in [-0.05, 0) is 32.2 Å². The average Bonchev–Trinajstić information content (AvgIpc) is 2.45. The highest BCUT2D eigenvalue weighted by Crippen LogP contribution is 2.37. The Morgan fingerprint density at radius 1 is 1.20 bits per heavy atom. The highest BCUT2D eigenvalue weighted by molar-refractivity contribution is 4.82. The van der Waals surface area contributed by atoms with Gasteiger partial charge in [-0.15, -0.1) is 0 Å². The monoisotopic (exact) mass is 294 g/mol. The van der Waals surface area contributed by atoms with Crippen molar-refractivity contribution in [1.82, 2.24) is 10.2 Å². The maximum atomic E-state index is 12.6. The first kappa shape index (κ1) is 16.0. The average molecular weight is 294 g/mol. The molecular formula is C14H25F3N2O. The zero-order valence-electron chi connectivity index (χ0n) is 12.1. The van der Waals surface area contributed by atoms with Crippen molar-refractivity contribution >= 4 is 0 Å². The van der Waals surface area contributed by atoms with Gasteiger partial charge in [0.2, 0.25) is 0 Å². The summed E-state index contributed by atoms with van der Waals surface area (Å²) < 4.78 is 43.4. The summed E-state index contributed by atoms with van der Waals surface area (Å²) in [5.74, 6) is -1.10. The minimum Gasteiger partial charge on any atom is -0.374 e. The van der Waals surface area contributed by atoms with Gasteiger partial charge in [0.1, 0.15) is 0 Å². The molecule has 1 saturated heterocycles. The molecule has 1 atom stereocenters. The van der Waals surface area contributed by atoms with E-state index in [0.29, 0.717) is 12.8 Å². The molecule has 1 aliphatic heterocycles. The molecule has 2 aliphatic rings. The van der Waals surface area contributed by atoms with Crippen LogP contribution in [0, 0.1) is 5.92 Å². The largest absolute Gasteiger partial charge is 0.391 e. The lowest BCUT2D eigenvalue weighted by Gasteiger charge is -2.35. The SMILES string of the molecule is CCN1CCOC(CNC2CCC(C(F)(F)F)CC2)C1. The number of hydrogen-bond donors (Lipinski definition) is 1. The molecule has 1 aliphatic carbocycles. The van der Waals surface area contributed by atoms with Crippen molar-refractivity contribution in [1.29, 1.82) is 0 Å². The maximum absolute atomic E-state index is 12.6. The molecule has 0 radical (unpaired) electrons. The van der Waals surface area contributed by atoms with Crippen LogP contribution in [0.1, 0.15) is 32.6 Å². The second-order valence-electron chi connectivity index (χ2n) is 5.88. The standard InChI is InChI=1S/C14H25F3N2O/c1-2-19-7-8-20-13(10-19)9-18-12-5-3-11(4-6-12)14(15,16)17/h11-13,18H,2-10H2,1H3. The Bertz CT molecular complexity index is 291. The van der Waals surface area contributed by atoms with E-state index in [-0.39, 0.29) is 25.0 Å². The van der Waals surface area contributed by atoms with Gasteiger partial charge in [-0.3, -0.25) is 4.90 Å². The molecule has 2 rings (SSSR count). The van der Waals surface area contributed by atoms with E-state index in [1.54, 1.807) is 0 Å². The summed E-state index contributed by atoms with van der Waals surface area (Å²) in [7, 11) is 0. The van der Waals surface area contributed by atoms with Gasteiger partial charge in [0.15, 0.2) is 0 Å². The molecular weight excluding hydrogens is 269 g/mol. The van der Waals surface area contributed by atoms with E-state index in [2.05, 4.69) is 17.1 Å². The Morgan fingerprint density at radius 2 is 1.90 bits per heavy atom. The number of rotatable bonds is 4. The Kier molecular flexibility index (Phi) is 5.69. The predicted molar refractivity (Wildman–Crippen MR) is 71.7 cm³/mol. The molecule has 0 bridgehead atoms. The van der Waals surface area contributed by atoms with Gasteiger partial charge in [0.05, 0.1) is 18.6 Å². The summed E-state index contributed by atoms with van der Waals surface area (Å²) in [6.45, 7) is 6.55. The molecule has 3 nitrogen and oxygen atoms in total. The van der Waals surface area contributed by atoms with Crippen LogP contribution in [0.4, 0.5) is 13.2 Å². The van der Waals surface area contributed by atoms with E-state index in [0.717, 1.165) is 32.8 Å². The van der Waals surface area contributed by atoms with Crippen LogP contribution in [0.5, 0.6) is 0 Å². The molecule has 0 aromatic heterocycles. The van der Waals surface area contributed by atoms with E-state index in [9.17, 15) is 13.2 Å². The van der Waals surface area contributed by atoms with Crippen LogP contribution in [-0.4, -0.2) is 56.0 Å². The quantitative estimate of drug-likeness (QED) is 0.862. The smallest absolute Gasteiger partial charge is 0.374 e. The Labute approximate surface area is 118 Å². The number of nitrogens with one attached hydrogen (secondary N) is 1. The van der Waals surface area contributed by atoms with Crippen LogP contribution in [-0.2, 0) is 4.74 Å². The number of morpholine rings is 1. The van der Waals surface area contributed by atoms with Crippen molar-refractivity contribution in [2.24, 2.45) is 5.92 Å². The summed E-state index contributed by atoms with van der Waals surface area (Å²) in [5.41, 5.74) is 0. The molecule has 6 heteroatoms. The third-order valence-electron chi connectivity index (χ3n) is 4.49. The maximum Gasteiger partial charge on any atom is 0.391 e. The van der Waals surface area contributed by atoms with Crippen molar-refractivity contribution in [2.45, 2.75) is 50.9 Å². The third-order valence-corrected chi connectivity index (χ3v) is 4.49. The summed E-state index contributed by atoms with van der Waals surface area (Å²) in [6.07, 6.45) is -2.09. The van der Waals surface area contributed by atoms with Crippen LogP contribution in [0.15, 0.2) is 0 Å². The Morgan fingerprint density at radius 3 is 2.50 bits per heavy atom. The van der Waals surface area contributed by atoms with Crippen molar-refractivity contribution < 1.29 is 17.9 Å². The van der Waals surface area contributed by atoms with E-state index in [4.69, 9.17) is 4.74 Å². The van der Waals surface area contributed by atoms with Gasteiger partial charge in [-0.2, -0.15) is 13.2 Å². The number of hydrogen-bond acceptors (Lipinski definition) is 3. The summed E-state index contributed by atoms with van der Waals surface area (Å²) in [6, 6.07) is 0.217. The molecule has 0 spiro atoms. The minimum atomic E-state index is -4.01. The molecule has 0 amide bonds. The highest BCUT2D eigenvalue weighted by Gasteiger charge is 2.41. The first-order chi connectivity index (χ1) is 9.49. The first-order valence-corrected chi connectivity index (χ1v) is 7.63. The molecule has 1 N–H and O–H groups in total. The van der Waals surface area contributed by atoms with E-state index in [1.807, 2.05) is 0 Å². The first-order valence-electron chi connectivity index (χ1n) is 7.63. The van der Waals surface area contributed by atoms with Crippen LogP contribution < -0.4 is 5.32 Å². The fraction of sp³-hybridized carbons (Fsp3) is 1.00. The topological polar surface area (TPSA) is 24.5 Å². The number of nitrogens with zero attached hydrogens (tertiary/aromatic N) is 1. The molecule has 1 unspecified atom stereocenters. The van der Waals surface area contributed by atoms with Gasteiger partial charge >= 0.3 is 6.18 Å². The molecule has 118 valence electrons. The molecule has 1 saturated carbocycles. The Balaban J connectivity index is 1.66. The zero-order valence-corrected chi connectivity index (χ0v) is 12.1. The van der Waals surface area contributed by atoms with Crippen LogP contribution in [0.2, 0.25) is 0 Å². The zero-order chi connectivity index (χ0) is 14.6. The lowest BCUT2D eigenvalue weighted by molar-refractivity contribution is -0.182. The summed E-state index contributed by atoms with van der Waals surface area (Å²) >= 11 is 0. The molecule has 0 aromatic carbocycles. The number of ether oxygens (including phenoxy) is 1. The third kappa shape index (κ3) is 4.60. The summed E-state index contributed by atoms with van der Waals surface area (Å²) in [5, 5.41) is 3.39. The number of likely N-dealkylation sites (N-methyl/N-ethyl adjacent to an activating group) is 1. The molecule has 2 fully saturated rings. The predicted octanol–water partition coefficient (Wildman–Crippen LogP) is 2.42.